The number of aromatic amines is 1. The van der Waals surface area contributed by atoms with Crippen molar-refractivity contribution in [2.75, 3.05) is 32.7 Å². The van der Waals surface area contributed by atoms with Gasteiger partial charge in [-0.1, -0.05) is 6.07 Å². The van der Waals surface area contributed by atoms with Crippen LogP contribution in [0, 0.1) is 0 Å². The number of nitrogens with zero attached hydrogens (tertiary/aromatic N) is 3. The van der Waals surface area contributed by atoms with Crippen LogP contribution in [0.3, 0.4) is 0 Å². The average molecular weight is 290 g/mol. The Morgan fingerprint density at radius 3 is 2.80 bits per heavy atom. The predicted octanol–water partition coefficient (Wildman–Crippen LogP) is 1.47. The minimum atomic E-state index is 0.0559. The molecule has 3 rings (SSSR count). The highest BCUT2D eigenvalue weighted by Crippen LogP contribution is 2.11. The van der Waals surface area contributed by atoms with Gasteiger partial charge in [-0.3, -0.25) is 14.8 Å². The van der Waals surface area contributed by atoms with Crippen LogP contribution in [0.25, 0.3) is 0 Å². The number of hydrogen-bond donors (Lipinski definition) is 1. The fourth-order valence-electron chi connectivity index (χ4n) is 2.44. The van der Waals surface area contributed by atoms with Gasteiger partial charge in [-0.05, 0) is 23.9 Å². The van der Waals surface area contributed by atoms with Gasteiger partial charge >= 0.3 is 0 Å². The molecule has 0 bridgehead atoms. The van der Waals surface area contributed by atoms with Gasteiger partial charge in [-0.25, -0.2) is 0 Å². The number of thiophene rings is 1. The van der Waals surface area contributed by atoms with Crippen molar-refractivity contribution < 1.29 is 4.79 Å². The zero-order chi connectivity index (χ0) is 13.8. The monoisotopic (exact) mass is 290 g/mol. The summed E-state index contributed by atoms with van der Waals surface area (Å²) < 4.78 is 0. The SMILES string of the molecule is O=C(c1ccn[nH]1)N1CCN(CCc2cccs2)CC1. The van der Waals surface area contributed by atoms with E-state index >= 15 is 0 Å². The maximum absolute atomic E-state index is 12.1. The average Bonchev–Trinajstić information content (AvgIpc) is 3.18. The van der Waals surface area contributed by atoms with Crippen LogP contribution in [0.15, 0.2) is 29.8 Å². The standard InChI is InChI=1S/C14H18N4OS/c19-14(13-3-5-15-16-13)18-9-7-17(8-10-18)6-4-12-2-1-11-20-12/h1-3,5,11H,4,6-10H2,(H,15,16). The van der Waals surface area contributed by atoms with Crippen molar-refractivity contribution in [3.8, 4) is 0 Å². The molecule has 1 saturated heterocycles. The molecule has 0 unspecified atom stereocenters. The Kier molecular flexibility index (Phi) is 4.13. The molecule has 0 saturated carbocycles. The number of nitrogens with one attached hydrogen (secondary N) is 1. The van der Waals surface area contributed by atoms with E-state index in [-0.39, 0.29) is 5.91 Å². The van der Waals surface area contributed by atoms with Crippen molar-refractivity contribution in [1.29, 1.82) is 0 Å². The molecule has 1 N–H and O–H groups in total. The lowest BCUT2D eigenvalue weighted by Gasteiger charge is -2.34. The molecule has 0 spiro atoms. The maximum Gasteiger partial charge on any atom is 0.271 e. The predicted molar refractivity (Wildman–Crippen MR) is 79.0 cm³/mol. The van der Waals surface area contributed by atoms with Crippen LogP contribution in [-0.4, -0.2) is 58.6 Å². The van der Waals surface area contributed by atoms with Gasteiger partial charge in [0.15, 0.2) is 0 Å². The third-order valence-electron chi connectivity index (χ3n) is 3.65. The van der Waals surface area contributed by atoms with E-state index in [1.54, 1.807) is 12.3 Å². The number of carbonyl (C=O) groups is 1. The van der Waals surface area contributed by atoms with E-state index in [1.807, 2.05) is 16.2 Å². The van der Waals surface area contributed by atoms with Crippen LogP contribution >= 0.6 is 11.3 Å². The van der Waals surface area contributed by atoms with E-state index in [2.05, 4.69) is 32.6 Å². The number of hydrogen-bond acceptors (Lipinski definition) is 4. The van der Waals surface area contributed by atoms with Gasteiger partial charge in [0.05, 0.1) is 0 Å². The molecular weight excluding hydrogens is 272 g/mol. The van der Waals surface area contributed by atoms with Crippen LogP contribution in [0.5, 0.6) is 0 Å². The van der Waals surface area contributed by atoms with Crippen LogP contribution in [0.2, 0.25) is 0 Å². The molecule has 0 atom stereocenters. The van der Waals surface area contributed by atoms with Gasteiger partial charge in [0.1, 0.15) is 5.69 Å². The van der Waals surface area contributed by atoms with Gasteiger partial charge < -0.3 is 4.90 Å². The highest BCUT2D eigenvalue weighted by atomic mass is 32.1. The van der Waals surface area contributed by atoms with Crippen LogP contribution in [-0.2, 0) is 6.42 Å². The van der Waals surface area contributed by atoms with E-state index in [9.17, 15) is 4.79 Å². The first-order valence-electron chi connectivity index (χ1n) is 6.86. The minimum absolute atomic E-state index is 0.0559. The first-order chi connectivity index (χ1) is 9.83. The van der Waals surface area contributed by atoms with Gasteiger partial charge in [-0.15, -0.1) is 11.3 Å². The molecule has 0 aliphatic carbocycles. The van der Waals surface area contributed by atoms with Crippen LogP contribution < -0.4 is 0 Å². The topological polar surface area (TPSA) is 52.2 Å². The summed E-state index contributed by atoms with van der Waals surface area (Å²) in [5, 5.41) is 8.69. The van der Waals surface area contributed by atoms with Crippen molar-refractivity contribution >= 4 is 17.2 Å². The lowest BCUT2D eigenvalue weighted by Crippen LogP contribution is -2.49. The maximum atomic E-state index is 12.1. The second-order valence-corrected chi connectivity index (χ2v) is 5.97. The zero-order valence-electron chi connectivity index (χ0n) is 11.3. The molecule has 6 heteroatoms. The molecule has 1 aliphatic heterocycles. The molecule has 106 valence electrons. The Bertz CT molecular complexity index is 530. The minimum Gasteiger partial charge on any atom is -0.335 e. The summed E-state index contributed by atoms with van der Waals surface area (Å²) >= 11 is 1.81. The molecule has 1 amide bonds. The number of carbonyl (C=O) groups excluding carboxylic acids is 1. The summed E-state index contributed by atoms with van der Waals surface area (Å²) in [6.07, 6.45) is 2.72. The first kappa shape index (κ1) is 13.3. The Labute approximate surface area is 122 Å². The zero-order valence-corrected chi connectivity index (χ0v) is 12.1. The molecule has 5 nitrogen and oxygen atoms in total. The molecular formula is C14H18N4OS. The van der Waals surface area contributed by atoms with Crippen molar-refractivity contribution in [2.24, 2.45) is 0 Å². The molecule has 20 heavy (non-hydrogen) atoms. The number of rotatable bonds is 4. The molecule has 1 aliphatic rings. The summed E-state index contributed by atoms with van der Waals surface area (Å²) in [7, 11) is 0. The van der Waals surface area contributed by atoms with Gasteiger partial charge in [0.2, 0.25) is 0 Å². The van der Waals surface area contributed by atoms with Crippen molar-refractivity contribution in [1.82, 2.24) is 20.0 Å². The van der Waals surface area contributed by atoms with Crippen molar-refractivity contribution in [3.63, 3.8) is 0 Å². The third-order valence-corrected chi connectivity index (χ3v) is 4.58. The summed E-state index contributed by atoms with van der Waals surface area (Å²) in [4.78, 5) is 17.9. The number of H-pyrrole nitrogens is 1. The first-order valence-corrected chi connectivity index (χ1v) is 7.74. The Balaban J connectivity index is 1.46. The molecule has 0 aromatic carbocycles. The van der Waals surface area contributed by atoms with E-state index in [4.69, 9.17) is 0 Å². The van der Waals surface area contributed by atoms with Gasteiger partial charge in [-0.2, -0.15) is 5.10 Å². The smallest absolute Gasteiger partial charge is 0.271 e. The molecule has 0 radical (unpaired) electrons. The Morgan fingerprint density at radius 1 is 1.30 bits per heavy atom. The summed E-state index contributed by atoms with van der Waals surface area (Å²) in [6.45, 7) is 4.56. The normalized spacial score (nSPS) is 16.5. The Hall–Kier alpha value is -1.66. The second-order valence-electron chi connectivity index (χ2n) is 4.93. The lowest BCUT2D eigenvalue weighted by molar-refractivity contribution is 0.0633. The quantitative estimate of drug-likeness (QED) is 0.928. The van der Waals surface area contributed by atoms with E-state index in [1.165, 1.54) is 4.88 Å². The highest BCUT2D eigenvalue weighted by Gasteiger charge is 2.22. The van der Waals surface area contributed by atoms with Gasteiger partial charge in [0.25, 0.3) is 5.91 Å². The second kappa shape index (κ2) is 6.19. The van der Waals surface area contributed by atoms with Crippen molar-refractivity contribution in [2.45, 2.75) is 6.42 Å². The number of aromatic nitrogens is 2. The number of amides is 1. The Morgan fingerprint density at radius 2 is 2.15 bits per heavy atom. The van der Waals surface area contributed by atoms with Gasteiger partial charge in [0, 0.05) is 43.8 Å². The molecule has 2 aromatic heterocycles. The molecule has 1 fully saturated rings. The molecule has 2 aromatic rings. The van der Waals surface area contributed by atoms with E-state index in [0.717, 1.165) is 39.1 Å². The fourth-order valence-corrected chi connectivity index (χ4v) is 3.14. The van der Waals surface area contributed by atoms with Crippen LogP contribution in [0.1, 0.15) is 15.4 Å². The number of piperazine rings is 1. The largest absolute Gasteiger partial charge is 0.335 e. The lowest BCUT2D eigenvalue weighted by atomic mass is 10.2. The molecule has 3 heterocycles. The summed E-state index contributed by atoms with van der Waals surface area (Å²) in [5.41, 5.74) is 0.581. The fraction of sp³-hybridized carbons (Fsp3) is 0.429. The van der Waals surface area contributed by atoms with E-state index < -0.39 is 0 Å². The summed E-state index contributed by atoms with van der Waals surface area (Å²) in [5.74, 6) is 0.0559. The third kappa shape index (κ3) is 3.08. The summed E-state index contributed by atoms with van der Waals surface area (Å²) in [6, 6.07) is 6.01. The van der Waals surface area contributed by atoms with Crippen LogP contribution in [0.4, 0.5) is 0 Å². The van der Waals surface area contributed by atoms with E-state index in [0.29, 0.717) is 5.69 Å². The highest BCUT2D eigenvalue weighted by molar-refractivity contribution is 7.09. The van der Waals surface area contributed by atoms with Crippen molar-refractivity contribution in [3.05, 3.63) is 40.3 Å².